The Morgan fingerprint density at radius 2 is 2.25 bits per heavy atom. The third-order valence-electron chi connectivity index (χ3n) is 3.57. The van der Waals surface area contributed by atoms with Gasteiger partial charge in [-0.3, -0.25) is 0 Å². The van der Waals surface area contributed by atoms with E-state index in [1.165, 1.54) is 32.4 Å². The third kappa shape index (κ3) is 4.81. The first-order valence-electron chi connectivity index (χ1n) is 6.86. The molecule has 0 aliphatic carbocycles. The van der Waals surface area contributed by atoms with E-state index in [1.54, 1.807) is 0 Å². The van der Waals surface area contributed by atoms with Crippen molar-refractivity contribution in [1.82, 2.24) is 10.2 Å². The summed E-state index contributed by atoms with van der Waals surface area (Å²) >= 11 is 0. The van der Waals surface area contributed by atoms with Crippen molar-refractivity contribution in [3.63, 3.8) is 0 Å². The molecule has 0 amide bonds. The predicted octanol–water partition coefficient (Wildman–Crippen LogP) is 1.47. The van der Waals surface area contributed by atoms with Gasteiger partial charge in [0.2, 0.25) is 0 Å². The summed E-state index contributed by atoms with van der Waals surface area (Å²) < 4.78 is 0. The van der Waals surface area contributed by atoms with Crippen molar-refractivity contribution < 1.29 is 5.11 Å². The highest BCUT2D eigenvalue weighted by atomic mass is 16.3. The topological polar surface area (TPSA) is 35.5 Å². The van der Waals surface area contributed by atoms with Crippen LogP contribution in [0.3, 0.4) is 0 Å². The van der Waals surface area contributed by atoms with Crippen LogP contribution in [-0.4, -0.2) is 48.8 Å². The van der Waals surface area contributed by atoms with E-state index in [4.69, 9.17) is 0 Å². The number of nitrogens with zero attached hydrogens (tertiary/aromatic N) is 1. The summed E-state index contributed by atoms with van der Waals surface area (Å²) in [6, 6.07) is 0.287. The van der Waals surface area contributed by atoms with Gasteiger partial charge >= 0.3 is 0 Å². The molecule has 0 bridgehead atoms. The number of aliphatic hydroxyl groups excluding tert-OH is 1. The molecule has 0 radical (unpaired) electrons. The fourth-order valence-corrected chi connectivity index (χ4v) is 2.64. The molecule has 3 nitrogen and oxygen atoms in total. The van der Waals surface area contributed by atoms with Crippen LogP contribution < -0.4 is 5.32 Å². The van der Waals surface area contributed by atoms with Gasteiger partial charge in [-0.1, -0.05) is 20.3 Å². The minimum absolute atomic E-state index is 0.264. The van der Waals surface area contributed by atoms with E-state index < -0.39 is 0 Å². The summed E-state index contributed by atoms with van der Waals surface area (Å²) in [5.41, 5.74) is 0. The lowest BCUT2D eigenvalue weighted by atomic mass is 10.0. The molecule has 1 rings (SSSR count). The number of nitrogens with one attached hydrogen (secondary N) is 1. The van der Waals surface area contributed by atoms with Crippen LogP contribution in [0.2, 0.25) is 0 Å². The summed E-state index contributed by atoms with van der Waals surface area (Å²) in [5.74, 6) is 0.928. The zero-order valence-corrected chi connectivity index (χ0v) is 10.9. The second-order valence-electron chi connectivity index (χ2n) is 4.97. The molecule has 16 heavy (non-hydrogen) atoms. The average Bonchev–Trinajstić information content (AvgIpc) is 2.72. The summed E-state index contributed by atoms with van der Waals surface area (Å²) in [6.07, 6.45) is 5.14. The van der Waals surface area contributed by atoms with Crippen molar-refractivity contribution in [2.45, 2.75) is 45.6 Å². The van der Waals surface area contributed by atoms with Crippen LogP contribution in [0.15, 0.2) is 0 Å². The molecule has 1 fully saturated rings. The van der Waals surface area contributed by atoms with E-state index in [1.807, 2.05) is 0 Å². The maximum Gasteiger partial charge on any atom is 0.0585 e. The maximum absolute atomic E-state index is 9.19. The van der Waals surface area contributed by atoms with Gasteiger partial charge in [0.25, 0.3) is 0 Å². The zero-order valence-electron chi connectivity index (χ0n) is 10.9. The van der Waals surface area contributed by atoms with E-state index in [0.29, 0.717) is 0 Å². The molecular weight excluding hydrogens is 200 g/mol. The van der Waals surface area contributed by atoms with Crippen LogP contribution in [0.25, 0.3) is 0 Å². The van der Waals surface area contributed by atoms with Crippen molar-refractivity contribution >= 4 is 0 Å². The first kappa shape index (κ1) is 13.9. The van der Waals surface area contributed by atoms with Crippen molar-refractivity contribution in [1.29, 1.82) is 0 Å². The second kappa shape index (κ2) is 8.04. The fourth-order valence-electron chi connectivity index (χ4n) is 2.64. The molecule has 0 aromatic carbocycles. The van der Waals surface area contributed by atoms with Gasteiger partial charge in [0.15, 0.2) is 0 Å². The molecule has 1 heterocycles. The van der Waals surface area contributed by atoms with Crippen LogP contribution >= 0.6 is 0 Å². The molecule has 1 aliphatic rings. The minimum atomic E-state index is 0.264. The molecule has 0 aromatic heterocycles. The van der Waals surface area contributed by atoms with Crippen molar-refractivity contribution in [3.8, 4) is 0 Å². The van der Waals surface area contributed by atoms with Gasteiger partial charge in [0.05, 0.1) is 6.61 Å². The van der Waals surface area contributed by atoms with Gasteiger partial charge in [0, 0.05) is 12.6 Å². The van der Waals surface area contributed by atoms with Crippen molar-refractivity contribution in [2.75, 3.05) is 32.8 Å². The molecule has 0 aromatic rings. The number of hydrogen-bond acceptors (Lipinski definition) is 3. The molecule has 2 atom stereocenters. The Balaban J connectivity index is 2.13. The van der Waals surface area contributed by atoms with Crippen LogP contribution in [0.4, 0.5) is 0 Å². The van der Waals surface area contributed by atoms with Crippen LogP contribution in [0.5, 0.6) is 0 Å². The van der Waals surface area contributed by atoms with E-state index in [9.17, 15) is 5.11 Å². The van der Waals surface area contributed by atoms with Gasteiger partial charge in [-0.05, 0) is 44.8 Å². The number of rotatable bonds is 8. The molecule has 96 valence electrons. The Kier molecular flexibility index (Phi) is 7.01. The SMILES string of the molecule is CCCC1CCN(CCC(CO)NCC)C1. The highest BCUT2D eigenvalue weighted by molar-refractivity contribution is 4.77. The Bertz CT molecular complexity index is 175. The minimum Gasteiger partial charge on any atom is -0.395 e. The Morgan fingerprint density at radius 1 is 1.44 bits per heavy atom. The molecule has 0 spiro atoms. The Morgan fingerprint density at radius 3 is 2.88 bits per heavy atom. The number of aliphatic hydroxyl groups is 1. The Labute approximate surface area is 100 Å². The number of hydrogen-bond donors (Lipinski definition) is 2. The monoisotopic (exact) mass is 228 g/mol. The summed E-state index contributed by atoms with van der Waals surface area (Å²) in [7, 11) is 0. The molecule has 2 unspecified atom stereocenters. The smallest absolute Gasteiger partial charge is 0.0585 e. The molecule has 1 saturated heterocycles. The second-order valence-corrected chi connectivity index (χ2v) is 4.97. The van der Waals surface area contributed by atoms with Gasteiger partial charge in [-0.25, -0.2) is 0 Å². The van der Waals surface area contributed by atoms with E-state index in [0.717, 1.165) is 25.4 Å². The lowest BCUT2D eigenvalue weighted by Gasteiger charge is -2.20. The average molecular weight is 228 g/mol. The normalized spacial score (nSPS) is 23.8. The maximum atomic E-state index is 9.19. The lowest BCUT2D eigenvalue weighted by Crippen LogP contribution is -2.36. The van der Waals surface area contributed by atoms with E-state index >= 15 is 0 Å². The molecule has 3 heteroatoms. The number of likely N-dealkylation sites (tertiary alicyclic amines) is 1. The number of likely N-dealkylation sites (N-methyl/N-ethyl adjacent to an activating group) is 1. The first-order valence-corrected chi connectivity index (χ1v) is 6.86. The van der Waals surface area contributed by atoms with E-state index in [-0.39, 0.29) is 12.6 Å². The quantitative estimate of drug-likeness (QED) is 0.660. The van der Waals surface area contributed by atoms with Gasteiger partial charge in [-0.15, -0.1) is 0 Å². The van der Waals surface area contributed by atoms with Gasteiger partial charge in [-0.2, -0.15) is 0 Å². The van der Waals surface area contributed by atoms with Gasteiger partial charge in [0.1, 0.15) is 0 Å². The summed E-state index contributed by atoms with van der Waals surface area (Å²) in [6.45, 7) is 9.25. The largest absolute Gasteiger partial charge is 0.395 e. The Hall–Kier alpha value is -0.120. The van der Waals surface area contributed by atoms with Crippen LogP contribution in [-0.2, 0) is 0 Å². The van der Waals surface area contributed by atoms with Crippen molar-refractivity contribution in [3.05, 3.63) is 0 Å². The van der Waals surface area contributed by atoms with Gasteiger partial charge < -0.3 is 15.3 Å². The molecule has 1 aliphatic heterocycles. The van der Waals surface area contributed by atoms with Crippen LogP contribution in [0.1, 0.15) is 39.5 Å². The summed E-state index contributed by atoms with van der Waals surface area (Å²) in [5, 5.41) is 12.5. The molecule has 0 saturated carbocycles. The first-order chi connectivity index (χ1) is 7.80. The standard InChI is InChI=1S/C13H28N2O/c1-3-5-12-6-8-15(10-12)9-7-13(11-16)14-4-2/h12-14,16H,3-11H2,1-2H3. The van der Waals surface area contributed by atoms with E-state index in [2.05, 4.69) is 24.1 Å². The fraction of sp³-hybridized carbons (Fsp3) is 1.00. The highest BCUT2D eigenvalue weighted by Crippen LogP contribution is 2.20. The molecule has 2 N–H and O–H groups in total. The lowest BCUT2D eigenvalue weighted by molar-refractivity contribution is 0.217. The van der Waals surface area contributed by atoms with Crippen molar-refractivity contribution in [2.24, 2.45) is 5.92 Å². The summed E-state index contributed by atoms with van der Waals surface area (Å²) in [4.78, 5) is 2.56. The molecular formula is C13H28N2O. The van der Waals surface area contributed by atoms with Crippen LogP contribution in [0, 0.1) is 5.92 Å². The highest BCUT2D eigenvalue weighted by Gasteiger charge is 2.21. The predicted molar refractivity (Wildman–Crippen MR) is 68.6 cm³/mol. The zero-order chi connectivity index (χ0) is 11.8. The third-order valence-corrected chi connectivity index (χ3v) is 3.57.